The van der Waals surface area contributed by atoms with Crippen LogP contribution >= 0.6 is 0 Å². The summed E-state index contributed by atoms with van der Waals surface area (Å²) in [6.07, 6.45) is 0. The summed E-state index contributed by atoms with van der Waals surface area (Å²) in [5.41, 5.74) is 15.9. The Hall–Kier alpha value is -2.42. The molecule has 4 N–H and O–H groups in total. The Morgan fingerprint density at radius 3 is 1.39 bits per heavy atom. The van der Waals surface area contributed by atoms with Crippen LogP contribution < -0.4 is 11.5 Å². The van der Waals surface area contributed by atoms with Crippen molar-refractivity contribution in [2.24, 2.45) is 11.5 Å². The lowest BCUT2D eigenvalue weighted by molar-refractivity contribution is 0.520. The molecule has 0 bridgehead atoms. The zero-order valence-electron chi connectivity index (χ0n) is 13.3. The summed E-state index contributed by atoms with van der Waals surface area (Å²) in [6.45, 7) is 1.81. The molecule has 0 atom stereocenters. The maximum Gasteiger partial charge on any atom is 0.0870 e. The molecule has 0 radical (unpaired) electrons. The zero-order chi connectivity index (χ0) is 16.3. The number of hydrogen-bond acceptors (Lipinski definition) is 2. The van der Waals surface area contributed by atoms with E-state index in [9.17, 15) is 0 Å². The van der Waals surface area contributed by atoms with E-state index in [1.54, 1.807) is 0 Å². The van der Waals surface area contributed by atoms with Gasteiger partial charge in [0.1, 0.15) is 0 Å². The van der Waals surface area contributed by atoms with E-state index < -0.39 is 5.66 Å². The topological polar surface area (TPSA) is 52.0 Å². The Morgan fingerprint density at radius 2 is 1.00 bits per heavy atom. The van der Waals surface area contributed by atoms with Crippen molar-refractivity contribution in [3.8, 4) is 0 Å². The summed E-state index contributed by atoms with van der Waals surface area (Å²) in [5, 5.41) is 0. The second kappa shape index (κ2) is 6.37. The largest absolute Gasteiger partial charge is 0.310 e. The fourth-order valence-corrected chi connectivity index (χ4v) is 2.90. The normalized spacial score (nSPS) is 11.7. The lowest BCUT2D eigenvalue weighted by Crippen LogP contribution is -2.42. The van der Waals surface area contributed by atoms with Crippen molar-refractivity contribution < 1.29 is 0 Å². The molecule has 3 aromatic rings. The van der Waals surface area contributed by atoms with Crippen molar-refractivity contribution in [3.63, 3.8) is 0 Å². The van der Waals surface area contributed by atoms with E-state index in [0.29, 0.717) is 0 Å². The number of rotatable bonds is 4. The first-order valence-corrected chi connectivity index (χ1v) is 7.84. The third-order valence-corrected chi connectivity index (χ3v) is 4.13. The van der Waals surface area contributed by atoms with Crippen LogP contribution in [0, 0.1) is 0 Å². The van der Waals surface area contributed by atoms with Gasteiger partial charge in [0, 0.05) is 5.92 Å². The third kappa shape index (κ3) is 3.50. The Kier molecular flexibility index (Phi) is 4.28. The molecular weight excluding hydrogens is 280 g/mol. The van der Waals surface area contributed by atoms with Crippen LogP contribution in [0.1, 0.15) is 35.1 Å². The molecule has 0 aliphatic rings. The molecule has 3 rings (SSSR count). The molecule has 116 valence electrons. The first-order valence-electron chi connectivity index (χ1n) is 7.84. The van der Waals surface area contributed by atoms with E-state index in [-0.39, 0.29) is 5.92 Å². The lowest BCUT2D eigenvalue weighted by atomic mass is 9.84. The van der Waals surface area contributed by atoms with Gasteiger partial charge in [-0.1, -0.05) is 84.9 Å². The number of benzene rings is 3. The van der Waals surface area contributed by atoms with E-state index >= 15 is 0 Å². The first kappa shape index (κ1) is 15.5. The number of hydrogen-bond donors (Lipinski definition) is 2. The molecule has 3 aromatic carbocycles. The van der Waals surface area contributed by atoms with Crippen LogP contribution in [0.5, 0.6) is 0 Å². The van der Waals surface area contributed by atoms with Gasteiger partial charge in [-0.15, -0.1) is 0 Å². The predicted molar refractivity (Wildman–Crippen MR) is 96.0 cm³/mol. The highest BCUT2D eigenvalue weighted by Gasteiger charge is 2.18. The van der Waals surface area contributed by atoms with Crippen LogP contribution in [-0.2, 0) is 5.66 Å². The second-order valence-electron chi connectivity index (χ2n) is 6.16. The molecule has 0 amide bonds. The summed E-state index contributed by atoms with van der Waals surface area (Å²) >= 11 is 0. The fraction of sp³-hybridized carbons (Fsp3) is 0.143. The summed E-state index contributed by atoms with van der Waals surface area (Å²) in [4.78, 5) is 0. The van der Waals surface area contributed by atoms with Crippen LogP contribution in [0.25, 0.3) is 0 Å². The van der Waals surface area contributed by atoms with Gasteiger partial charge < -0.3 is 11.5 Å². The van der Waals surface area contributed by atoms with E-state index in [0.717, 1.165) is 5.56 Å². The first-order chi connectivity index (χ1) is 11.1. The summed E-state index contributed by atoms with van der Waals surface area (Å²) in [5.74, 6) is 0.202. The Bertz CT molecular complexity index is 702. The van der Waals surface area contributed by atoms with E-state index in [1.165, 1.54) is 16.7 Å². The van der Waals surface area contributed by atoms with E-state index in [4.69, 9.17) is 11.5 Å². The fourth-order valence-electron chi connectivity index (χ4n) is 2.90. The van der Waals surface area contributed by atoms with Gasteiger partial charge in [-0.2, -0.15) is 0 Å². The number of nitrogens with two attached hydrogens (primary N) is 2. The maximum absolute atomic E-state index is 5.98. The summed E-state index contributed by atoms with van der Waals surface area (Å²) < 4.78 is 0. The molecule has 0 saturated heterocycles. The minimum Gasteiger partial charge on any atom is -0.310 e. The molecule has 0 aliphatic carbocycles. The van der Waals surface area contributed by atoms with Crippen molar-refractivity contribution in [2.75, 3.05) is 0 Å². The standard InChI is InChI=1S/C21H22N2/c1-21(22,23)19-14-12-18(13-15-19)20(16-8-4-2-5-9-16)17-10-6-3-7-11-17/h2-15,20H,22-23H2,1H3. The summed E-state index contributed by atoms with van der Waals surface area (Å²) in [7, 11) is 0. The monoisotopic (exact) mass is 302 g/mol. The van der Waals surface area contributed by atoms with Gasteiger partial charge in [0.15, 0.2) is 0 Å². The predicted octanol–water partition coefficient (Wildman–Crippen LogP) is 3.96. The van der Waals surface area contributed by atoms with Crippen LogP contribution in [-0.4, -0.2) is 0 Å². The summed E-state index contributed by atoms with van der Waals surface area (Å²) in [6, 6.07) is 29.4. The van der Waals surface area contributed by atoms with Gasteiger partial charge in [0.25, 0.3) is 0 Å². The van der Waals surface area contributed by atoms with Crippen molar-refractivity contribution in [1.29, 1.82) is 0 Å². The smallest absolute Gasteiger partial charge is 0.0870 e. The van der Waals surface area contributed by atoms with E-state index in [1.807, 2.05) is 31.2 Å². The Labute approximate surface area is 137 Å². The average Bonchev–Trinajstić information content (AvgIpc) is 2.57. The van der Waals surface area contributed by atoms with Crippen LogP contribution in [0.2, 0.25) is 0 Å². The SMILES string of the molecule is CC(N)(N)c1ccc(C(c2ccccc2)c2ccccc2)cc1. The van der Waals surface area contributed by atoms with Gasteiger partial charge >= 0.3 is 0 Å². The van der Waals surface area contributed by atoms with Crippen LogP contribution in [0.4, 0.5) is 0 Å². The quantitative estimate of drug-likeness (QED) is 0.566. The van der Waals surface area contributed by atoms with Gasteiger partial charge in [0.05, 0.1) is 5.66 Å². The minimum absolute atomic E-state index is 0.202. The molecular formula is C21H22N2. The van der Waals surface area contributed by atoms with Crippen LogP contribution in [0.3, 0.4) is 0 Å². The van der Waals surface area contributed by atoms with Gasteiger partial charge in [0.2, 0.25) is 0 Å². The lowest BCUT2D eigenvalue weighted by Gasteiger charge is -2.22. The maximum atomic E-state index is 5.98. The molecule has 2 nitrogen and oxygen atoms in total. The third-order valence-electron chi connectivity index (χ3n) is 4.13. The van der Waals surface area contributed by atoms with Crippen LogP contribution in [0.15, 0.2) is 84.9 Å². The van der Waals surface area contributed by atoms with Crippen molar-refractivity contribution in [2.45, 2.75) is 18.5 Å². The second-order valence-corrected chi connectivity index (χ2v) is 6.16. The Morgan fingerprint density at radius 1 is 0.609 bits per heavy atom. The molecule has 0 aromatic heterocycles. The highest BCUT2D eigenvalue weighted by Crippen LogP contribution is 2.32. The van der Waals surface area contributed by atoms with Crippen molar-refractivity contribution in [1.82, 2.24) is 0 Å². The van der Waals surface area contributed by atoms with Gasteiger partial charge in [-0.05, 0) is 29.2 Å². The van der Waals surface area contributed by atoms with E-state index in [2.05, 4.69) is 60.7 Å². The molecule has 23 heavy (non-hydrogen) atoms. The molecule has 0 spiro atoms. The molecule has 0 saturated carbocycles. The molecule has 2 heteroatoms. The highest BCUT2D eigenvalue weighted by molar-refractivity contribution is 5.44. The van der Waals surface area contributed by atoms with Gasteiger partial charge in [-0.25, -0.2) is 0 Å². The molecule has 0 aliphatic heterocycles. The zero-order valence-corrected chi connectivity index (χ0v) is 13.3. The van der Waals surface area contributed by atoms with Crippen molar-refractivity contribution in [3.05, 3.63) is 107 Å². The van der Waals surface area contributed by atoms with Crippen molar-refractivity contribution >= 4 is 0 Å². The average molecular weight is 302 g/mol. The van der Waals surface area contributed by atoms with Gasteiger partial charge in [-0.3, -0.25) is 0 Å². The minimum atomic E-state index is -0.812. The highest BCUT2D eigenvalue weighted by atomic mass is 14.9. The molecule has 0 heterocycles. The Balaban J connectivity index is 2.06. The molecule has 0 unspecified atom stereocenters. The molecule has 0 fully saturated rings.